The van der Waals surface area contributed by atoms with E-state index in [1.165, 1.54) is 56.6 Å². The van der Waals surface area contributed by atoms with Gasteiger partial charge in [-0.25, -0.2) is 0 Å². The molecule has 0 aromatic heterocycles. The summed E-state index contributed by atoms with van der Waals surface area (Å²) in [4.78, 5) is 2.65. The van der Waals surface area contributed by atoms with Gasteiger partial charge in [-0.05, 0) is 50.8 Å². The standard InChI is InChI=1S/C18H30N2/c1-15(2)12-18-14-20(10-5-9-19-18)11-8-17-7-4-6-16(3)13-17/h4,6-7,13,15,18-19H,5,8-12,14H2,1-3H3. The quantitative estimate of drug-likeness (QED) is 0.886. The molecule has 0 amide bonds. The van der Waals surface area contributed by atoms with Gasteiger partial charge in [0, 0.05) is 19.1 Å². The van der Waals surface area contributed by atoms with Crippen molar-refractivity contribution >= 4 is 0 Å². The molecule has 1 aromatic carbocycles. The first-order valence-electron chi connectivity index (χ1n) is 8.15. The summed E-state index contributed by atoms with van der Waals surface area (Å²) in [6.45, 7) is 11.7. The third-order valence-corrected chi connectivity index (χ3v) is 4.12. The van der Waals surface area contributed by atoms with Crippen molar-refractivity contribution in [2.45, 2.75) is 46.1 Å². The summed E-state index contributed by atoms with van der Waals surface area (Å²) < 4.78 is 0. The van der Waals surface area contributed by atoms with Crippen LogP contribution >= 0.6 is 0 Å². The van der Waals surface area contributed by atoms with E-state index >= 15 is 0 Å². The van der Waals surface area contributed by atoms with E-state index in [1.807, 2.05) is 0 Å². The van der Waals surface area contributed by atoms with Gasteiger partial charge < -0.3 is 10.2 Å². The van der Waals surface area contributed by atoms with Crippen LogP contribution < -0.4 is 5.32 Å². The van der Waals surface area contributed by atoms with E-state index in [9.17, 15) is 0 Å². The summed E-state index contributed by atoms with van der Waals surface area (Å²) in [5.74, 6) is 0.782. The highest BCUT2D eigenvalue weighted by Gasteiger charge is 2.18. The van der Waals surface area contributed by atoms with E-state index < -0.39 is 0 Å². The van der Waals surface area contributed by atoms with E-state index in [0.717, 1.165) is 5.92 Å². The van der Waals surface area contributed by atoms with Crippen molar-refractivity contribution < 1.29 is 0 Å². The first-order chi connectivity index (χ1) is 9.63. The van der Waals surface area contributed by atoms with Gasteiger partial charge >= 0.3 is 0 Å². The van der Waals surface area contributed by atoms with Crippen molar-refractivity contribution in [1.29, 1.82) is 0 Å². The normalized spacial score (nSPS) is 21.1. The highest BCUT2D eigenvalue weighted by Crippen LogP contribution is 2.11. The minimum Gasteiger partial charge on any atom is -0.313 e. The average Bonchev–Trinajstić information content (AvgIpc) is 2.61. The van der Waals surface area contributed by atoms with Crippen LogP contribution in [0.25, 0.3) is 0 Å². The molecule has 0 bridgehead atoms. The maximum atomic E-state index is 3.71. The highest BCUT2D eigenvalue weighted by molar-refractivity contribution is 5.22. The van der Waals surface area contributed by atoms with Crippen molar-refractivity contribution in [3.05, 3.63) is 35.4 Å². The van der Waals surface area contributed by atoms with E-state index in [-0.39, 0.29) is 0 Å². The molecule has 0 saturated carbocycles. The molecule has 1 aliphatic heterocycles. The molecule has 112 valence electrons. The number of nitrogens with zero attached hydrogens (tertiary/aromatic N) is 1. The van der Waals surface area contributed by atoms with Crippen LogP contribution in [0.2, 0.25) is 0 Å². The van der Waals surface area contributed by atoms with Gasteiger partial charge in [0.15, 0.2) is 0 Å². The lowest BCUT2D eigenvalue weighted by Gasteiger charge is -2.25. The third kappa shape index (κ3) is 5.26. The van der Waals surface area contributed by atoms with Gasteiger partial charge in [0.2, 0.25) is 0 Å². The first kappa shape index (κ1) is 15.5. The van der Waals surface area contributed by atoms with Crippen molar-refractivity contribution in [3.8, 4) is 0 Å². The van der Waals surface area contributed by atoms with E-state index in [0.29, 0.717) is 6.04 Å². The Labute approximate surface area is 124 Å². The highest BCUT2D eigenvalue weighted by atomic mass is 15.2. The maximum absolute atomic E-state index is 3.71. The van der Waals surface area contributed by atoms with Gasteiger partial charge in [0.05, 0.1) is 0 Å². The van der Waals surface area contributed by atoms with Crippen LogP contribution in [0.15, 0.2) is 24.3 Å². The zero-order chi connectivity index (χ0) is 14.4. The van der Waals surface area contributed by atoms with Crippen LogP contribution in [0.4, 0.5) is 0 Å². The number of nitrogens with one attached hydrogen (secondary N) is 1. The fourth-order valence-electron chi connectivity index (χ4n) is 3.16. The molecule has 0 spiro atoms. The van der Waals surface area contributed by atoms with Crippen LogP contribution in [0.1, 0.15) is 37.8 Å². The number of hydrogen-bond acceptors (Lipinski definition) is 2. The van der Waals surface area contributed by atoms with Gasteiger partial charge in [-0.1, -0.05) is 43.7 Å². The lowest BCUT2D eigenvalue weighted by molar-refractivity contribution is 0.258. The predicted octanol–water partition coefficient (Wildman–Crippen LogP) is 3.25. The average molecular weight is 274 g/mol. The van der Waals surface area contributed by atoms with E-state index in [1.54, 1.807) is 0 Å². The Balaban J connectivity index is 1.84. The van der Waals surface area contributed by atoms with E-state index in [4.69, 9.17) is 0 Å². The van der Waals surface area contributed by atoms with Crippen molar-refractivity contribution in [2.24, 2.45) is 5.92 Å². The molecule has 0 radical (unpaired) electrons. The topological polar surface area (TPSA) is 15.3 Å². The van der Waals surface area contributed by atoms with E-state index in [2.05, 4.69) is 55.3 Å². The lowest BCUT2D eigenvalue weighted by atomic mass is 10.0. The fourth-order valence-corrected chi connectivity index (χ4v) is 3.16. The number of rotatable bonds is 5. The Morgan fingerprint density at radius 2 is 2.20 bits per heavy atom. The first-order valence-corrected chi connectivity index (χ1v) is 8.15. The molecule has 20 heavy (non-hydrogen) atoms. The Bertz CT molecular complexity index is 400. The summed E-state index contributed by atoms with van der Waals surface area (Å²) >= 11 is 0. The third-order valence-electron chi connectivity index (χ3n) is 4.12. The molecule has 1 fully saturated rings. The zero-order valence-electron chi connectivity index (χ0n) is 13.4. The van der Waals surface area contributed by atoms with Gasteiger partial charge in [-0.2, -0.15) is 0 Å². The molecule has 1 saturated heterocycles. The summed E-state index contributed by atoms with van der Waals surface area (Å²) in [5.41, 5.74) is 2.85. The molecule has 2 heteroatoms. The molecule has 0 aliphatic carbocycles. The van der Waals surface area contributed by atoms with Crippen LogP contribution in [0, 0.1) is 12.8 Å². The van der Waals surface area contributed by atoms with Gasteiger partial charge in [0.25, 0.3) is 0 Å². The Kier molecular flexibility index (Phi) is 6.06. The number of aryl methyl sites for hydroxylation is 1. The molecule has 1 unspecified atom stereocenters. The summed E-state index contributed by atoms with van der Waals surface area (Å²) in [5, 5.41) is 3.71. The molecular formula is C18H30N2. The molecule has 2 rings (SSSR count). The molecular weight excluding hydrogens is 244 g/mol. The number of hydrogen-bond donors (Lipinski definition) is 1. The molecule has 1 atom stereocenters. The predicted molar refractivity (Wildman–Crippen MR) is 87.2 cm³/mol. The van der Waals surface area contributed by atoms with Gasteiger partial charge in [-0.3, -0.25) is 0 Å². The SMILES string of the molecule is Cc1cccc(CCN2CCCNC(CC(C)C)C2)c1. The van der Waals surface area contributed by atoms with Crippen molar-refractivity contribution in [2.75, 3.05) is 26.2 Å². The van der Waals surface area contributed by atoms with Crippen LogP contribution in [-0.4, -0.2) is 37.1 Å². The number of benzene rings is 1. The lowest BCUT2D eigenvalue weighted by Crippen LogP contribution is -2.39. The molecule has 2 nitrogen and oxygen atoms in total. The Morgan fingerprint density at radius 1 is 1.35 bits per heavy atom. The smallest absolute Gasteiger partial charge is 0.0197 e. The second kappa shape index (κ2) is 7.80. The molecule has 1 N–H and O–H groups in total. The fraction of sp³-hybridized carbons (Fsp3) is 0.667. The monoisotopic (exact) mass is 274 g/mol. The van der Waals surface area contributed by atoms with Gasteiger partial charge in [0.1, 0.15) is 0 Å². The minimum absolute atomic E-state index is 0.676. The summed E-state index contributed by atoms with van der Waals surface area (Å²) in [6.07, 6.45) is 3.75. The van der Waals surface area contributed by atoms with Crippen molar-refractivity contribution in [3.63, 3.8) is 0 Å². The second-order valence-corrected chi connectivity index (χ2v) is 6.67. The molecule has 1 aromatic rings. The summed E-state index contributed by atoms with van der Waals surface area (Å²) in [7, 11) is 0. The van der Waals surface area contributed by atoms with Crippen LogP contribution in [0.3, 0.4) is 0 Å². The van der Waals surface area contributed by atoms with Crippen LogP contribution in [0.5, 0.6) is 0 Å². The Morgan fingerprint density at radius 3 is 2.95 bits per heavy atom. The molecule has 1 aliphatic rings. The van der Waals surface area contributed by atoms with Crippen LogP contribution in [-0.2, 0) is 6.42 Å². The molecule has 1 heterocycles. The second-order valence-electron chi connectivity index (χ2n) is 6.67. The zero-order valence-corrected chi connectivity index (χ0v) is 13.4. The largest absolute Gasteiger partial charge is 0.313 e. The van der Waals surface area contributed by atoms with Crippen molar-refractivity contribution in [1.82, 2.24) is 10.2 Å². The Hall–Kier alpha value is -0.860. The van der Waals surface area contributed by atoms with Gasteiger partial charge in [-0.15, -0.1) is 0 Å². The summed E-state index contributed by atoms with van der Waals surface area (Å²) in [6, 6.07) is 9.61. The minimum atomic E-state index is 0.676. The maximum Gasteiger partial charge on any atom is 0.0197 e.